The minimum absolute atomic E-state index is 0. The van der Waals surface area contributed by atoms with Gasteiger partial charge >= 0.3 is 24.8 Å². The summed E-state index contributed by atoms with van der Waals surface area (Å²) < 4.78 is 34.0. The van der Waals surface area contributed by atoms with E-state index in [0.717, 1.165) is 19.3 Å². The van der Waals surface area contributed by atoms with E-state index in [0.29, 0.717) is 6.42 Å². The predicted octanol–water partition coefficient (Wildman–Crippen LogP) is -0.0853. The van der Waals surface area contributed by atoms with Crippen LogP contribution < -0.4 is 18.9 Å². The molecule has 19 heavy (non-hydrogen) atoms. The van der Waals surface area contributed by atoms with Crippen LogP contribution in [0.2, 0.25) is 0 Å². The number of unbranched alkanes of at least 4 members (excludes halogenated alkanes) is 8. The Morgan fingerprint density at radius 2 is 1.37 bits per heavy atom. The van der Waals surface area contributed by atoms with Gasteiger partial charge in [0.05, 0.1) is 0 Å². The minimum atomic E-state index is -4.88. The van der Waals surface area contributed by atoms with Crippen LogP contribution in [0, 0.1) is 0 Å². The van der Waals surface area contributed by atoms with Crippen LogP contribution in [0.1, 0.15) is 71.1 Å². The van der Waals surface area contributed by atoms with E-state index in [-0.39, 0.29) is 25.3 Å². The molecule has 0 aliphatic rings. The van der Waals surface area contributed by atoms with Crippen LogP contribution >= 0.6 is 0 Å². The largest absolute Gasteiger partial charge is 1.00 e. The average molecular weight is 286 g/mol. The molecule has 108 valence electrons. The molecule has 0 spiro atoms. The van der Waals surface area contributed by atoms with Gasteiger partial charge in [0.2, 0.25) is 0 Å². The second-order valence-electron chi connectivity index (χ2n) is 4.44. The van der Waals surface area contributed by atoms with Gasteiger partial charge in [-0.2, -0.15) is 0 Å². The smallest absolute Gasteiger partial charge is 0.716 e. The van der Waals surface area contributed by atoms with Crippen LogP contribution in [0.5, 0.6) is 0 Å². The molecule has 0 aromatic carbocycles. The SMILES string of the molecule is CCCCCCCCCCCC(=O)OS(=O)(=O)[O-].[Li+]. The Morgan fingerprint density at radius 1 is 0.947 bits per heavy atom. The van der Waals surface area contributed by atoms with E-state index in [1.807, 2.05) is 0 Å². The molecule has 0 aromatic rings. The molecule has 0 atom stereocenters. The fraction of sp³-hybridized carbons (Fsp3) is 0.917. The van der Waals surface area contributed by atoms with Crippen molar-refractivity contribution in [1.82, 2.24) is 0 Å². The van der Waals surface area contributed by atoms with Gasteiger partial charge in [-0.15, -0.1) is 0 Å². The first kappa shape index (κ1) is 21.3. The third-order valence-electron chi connectivity index (χ3n) is 2.68. The zero-order valence-corrected chi connectivity index (χ0v) is 12.8. The maximum Gasteiger partial charge on any atom is 1.00 e. The van der Waals surface area contributed by atoms with Crippen molar-refractivity contribution in [2.24, 2.45) is 0 Å². The van der Waals surface area contributed by atoms with Crippen LogP contribution in [0.15, 0.2) is 0 Å². The van der Waals surface area contributed by atoms with Crippen LogP contribution in [-0.2, 0) is 19.4 Å². The van der Waals surface area contributed by atoms with Crippen LogP contribution in [-0.4, -0.2) is 18.9 Å². The van der Waals surface area contributed by atoms with Gasteiger partial charge in [0.15, 0.2) is 0 Å². The summed E-state index contributed by atoms with van der Waals surface area (Å²) in [5.41, 5.74) is 0. The van der Waals surface area contributed by atoms with E-state index >= 15 is 0 Å². The van der Waals surface area contributed by atoms with Gasteiger partial charge in [-0.05, 0) is 6.42 Å². The summed E-state index contributed by atoms with van der Waals surface area (Å²) in [6.45, 7) is 2.18. The van der Waals surface area contributed by atoms with Gasteiger partial charge < -0.3 is 8.74 Å². The number of hydrogen-bond donors (Lipinski definition) is 0. The van der Waals surface area contributed by atoms with Crippen molar-refractivity contribution in [2.45, 2.75) is 71.1 Å². The number of carbonyl (C=O) groups excluding carboxylic acids is 1. The van der Waals surface area contributed by atoms with Gasteiger partial charge in [0, 0.05) is 6.42 Å². The van der Waals surface area contributed by atoms with Gasteiger partial charge in [-0.1, -0.05) is 58.3 Å². The number of carbonyl (C=O) groups is 1. The molecule has 0 saturated heterocycles. The van der Waals surface area contributed by atoms with Crippen LogP contribution in [0.3, 0.4) is 0 Å². The number of rotatable bonds is 11. The van der Waals surface area contributed by atoms with Crippen molar-refractivity contribution in [1.29, 1.82) is 0 Å². The summed E-state index contributed by atoms with van der Waals surface area (Å²) in [6, 6.07) is 0. The van der Waals surface area contributed by atoms with Gasteiger partial charge in [-0.3, -0.25) is 4.79 Å². The Balaban J connectivity index is 0. The average Bonchev–Trinajstić information content (AvgIpc) is 2.24. The third kappa shape index (κ3) is 18.0. The summed E-state index contributed by atoms with van der Waals surface area (Å²) in [5, 5.41) is 0. The van der Waals surface area contributed by atoms with Crippen molar-refractivity contribution >= 4 is 16.4 Å². The quantitative estimate of drug-likeness (QED) is 0.229. The first-order valence-corrected chi connectivity index (χ1v) is 7.97. The van der Waals surface area contributed by atoms with Crippen molar-refractivity contribution in [3.05, 3.63) is 0 Å². The molecule has 0 aliphatic heterocycles. The molecule has 7 heteroatoms. The van der Waals surface area contributed by atoms with E-state index in [1.54, 1.807) is 0 Å². The topological polar surface area (TPSA) is 83.5 Å². The van der Waals surface area contributed by atoms with Gasteiger partial charge in [0.1, 0.15) is 0 Å². The Hall–Kier alpha value is -0.0226. The second-order valence-corrected chi connectivity index (χ2v) is 5.43. The summed E-state index contributed by atoms with van der Waals surface area (Å²) in [4.78, 5) is 10.9. The Kier molecular flexibility index (Phi) is 14.5. The van der Waals surface area contributed by atoms with E-state index < -0.39 is 16.4 Å². The fourth-order valence-electron chi connectivity index (χ4n) is 1.74. The van der Waals surface area contributed by atoms with E-state index in [2.05, 4.69) is 11.1 Å². The van der Waals surface area contributed by atoms with Crippen LogP contribution in [0.4, 0.5) is 0 Å². The molecule has 0 aliphatic carbocycles. The first-order chi connectivity index (χ1) is 8.45. The summed E-state index contributed by atoms with van der Waals surface area (Å²) >= 11 is 0. The van der Waals surface area contributed by atoms with Gasteiger partial charge in [0.25, 0.3) is 10.4 Å². The summed E-state index contributed by atoms with van der Waals surface area (Å²) in [7, 11) is -4.88. The molecule has 0 radical (unpaired) electrons. The summed E-state index contributed by atoms with van der Waals surface area (Å²) in [5.74, 6) is -0.951. The molecule has 0 aromatic heterocycles. The second kappa shape index (κ2) is 13.0. The molecule has 5 nitrogen and oxygen atoms in total. The molecular weight excluding hydrogens is 263 g/mol. The Labute approximate surface area is 128 Å². The molecule has 0 unspecified atom stereocenters. The molecule has 0 bridgehead atoms. The fourth-order valence-corrected chi connectivity index (χ4v) is 2.05. The molecule has 0 fully saturated rings. The van der Waals surface area contributed by atoms with Crippen molar-refractivity contribution < 1.29 is 40.8 Å². The zero-order chi connectivity index (χ0) is 13.9. The minimum Gasteiger partial charge on any atom is -0.716 e. The molecule has 0 amide bonds. The van der Waals surface area contributed by atoms with Crippen molar-refractivity contribution in [2.75, 3.05) is 0 Å². The maximum atomic E-state index is 10.9. The number of hydrogen-bond acceptors (Lipinski definition) is 5. The molecular formula is C12H23LiO5S. The monoisotopic (exact) mass is 286 g/mol. The molecule has 0 heterocycles. The molecule has 0 N–H and O–H groups in total. The first-order valence-electron chi connectivity index (χ1n) is 6.64. The standard InChI is InChI=1S/C12H24O5S.Li/c1-2-3-4-5-6-7-8-9-10-11-12(13)17-18(14,15)16;/h2-11H2,1H3,(H,14,15,16);/q;+1/p-1. The van der Waals surface area contributed by atoms with E-state index in [9.17, 15) is 17.8 Å². The maximum absolute atomic E-state index is 10.9. The molecule has 0 saturated carbocycles. The van der Waals surface area contributed by atoms with Crippen LogP contribution in [0.25, 0.3) is 0 Å². The van der Waals surface area contributed by atoms with Crippen molar-refractivity contribution in [3.8, 4) is 0 Å². The molecule has 0 rings (SSSR count). The zero-order valence-electron chi connectivity index (χ0n) is 12.0. The Bertz CT molecular complexity index is 316. The third-order valence-corrected chi connectivity index (χ3v) is 3.07. The van der Waals surface area contributed by atoms with E-state index in [4.69, 9.17) is 0 Å². The van der Waals surface area contributed by atoms with Gasteiger partial charge in [-0.25, -0.2) is 8.42 Å². The predicted molar refractivity (Wildman–Crippen MR) is 67.6 cm³/mol. The normalized spacial score (nSPS) is 10.8. The van der Waals surface area contributed by atoms with E-state index in [1.165, 1.54) is 32.1 Å². The Morgan fingerprint density at radius 3 is 1.79 bits per heavy atom. The van der Waals surface area contributed by atoms with Crippen molar-refractivity contribution in [3.63, 3.8) is 0 Å². The summed E-state index contributed by atoms with van der Waals surface area (Å²) in [6.07, 6.45) is 9.87.